The Morgan fingerprint density at radius 3 is 2.38 bits per heavy atom. The summed E-state index contributed by atoms with van der Waals surface area (Å²) in [5.74, 6) is 0.364. The van der Waals surface area contributed by atoms with E-state index in [1.165, 1.54) is 0 Å². The SMILES string of the molecule is CC(C)c1ccc(S(=O)(=O)Nc2ccc3nc(N4CCN(C)CC4)sc3c2)cc1. The van der Waals surface area contributed by atoms with E-state index in [0.717, 1.165) is 47.1 Å². The van der Waals surface area contributed by atoms with Crippen molar-refractivity contribution >= 4 is 42.4 Å². The Labute approximate surface area is 176 Å². The summed E-state index contributed by atoms with van der Waals surface area (Å²) in [4.78, 5) is 9.61. The number of hydrogen-bond acceptors (Lipinski definition) is 6. The van der Waals surface area contributed by atoms with E-state index in [4.69, 9.17) is 4.98 Å². The summed E-state index contributed by atoms with van der Waals surface area (Å²) >= 11 is 1.61. The van der Waals surface area contributed by atoms with Gasteiger partial charge in [-0.25, -0.2) is 13.4 Å². The molecule has 154 valence electrons. The van der Waals surface area contributed by atoms with Crippen LogP contribution >= 0.6 is 11.3 Å². The number of sulfonamides is 1. The lowest BCUT2D eigenvalue weighted by molar-refractivity contribution is 0.313. The Morgan fingerprint density at radius 2 is 1.72 bits per heavy atom. The van der Waals surface area contributed by atoms with Gasteiger partial charge in [0.05, 0.1) is 20.8 Å². The topological polar surface area (TPSA) is 65.5 Å². The van der Waals surface area contributed by atoms with E-state index in [-0.39, 0.29) is 4.90 Å². The molecule has 0 amide bonds. The molecule has 1 N–H and O–H groups in total. The molecule has 0 unspecified atom stereocenters. The van der Waals surface area contributed by atoms with Crippen molar-refractivity contribution in [1.82, 2.24) is 9.88 Å². The first-order valence-corrected chi connectivity index (χ1v) is 12.1. The third-order valence-corrected chi connectivity index (χ3v) is 7.74. The predicted molar refractivity (Wildman–Crippen MR) is 121 cm³/mol. The van der Waals surface area contributed by atoms with Gasteiger partial charge in [-0.05, 0) is 48.9 Å². The van der Waals surface area contributed by atoms with Gasteiger partial charge in [0, 0.05) is 26.2 Å². The smallest absolute Gasteiger partial charge is 0.261 e. The van der Waals surface area contributed by atoms with Crippen LogP contribution < -0.4 is 9.62 Å². The minimum Gasteiger partial charge on any atom is -0.345 e. The number of nitrogens with zero attached hydrogens (tertiary/aromatic N) is 3. The quantitative estimate of drug-likeness (QED) is 0.663. The highest BCUT2D eigenvalue weighted by Gasteiger charge is 2.19. The zero-order chi connectivity index (χ0) is 20.6. The first kappa shape index (κ1) is 20.1. The summed E-state index contributed by atoms with van der Waals surface area (Å²) in [6.07, 6.45) is 0. The van der Waals surface area contributed by atoms with Gasteiger partial charge in [0.1, 0.15) is 0 Å². The van der Waals surface area contributed by atoms with Gasteiger partial charge < -0.3 is 9.80 Å². The van der Waals surface area contributed by atoms with Gasteiger partial charge in [-0.2, -0.15) is 0 Å². The molecule has 2 heterocycles. The first-order valence-electron chi connectivity index (χ1n) is 9.79. The molecule has 3 aromatic rings. The minimum absolute atomic E-state index is 0.268. The minimum atomic E-state index is -3.63. The lowest BCUT2D eigenvalue weighted by Crippen LogP contribution is -2.44. The lowest BCUT2D eigenvalue weighted by atomic mass is 10.0. The molecule has 0 saturated carbocycles. The van der Waals surface area contributed by atoms with Crippen molar-refractivity contribution in [3.63, 3.8) is 0 Å². The zero-order valence-electron chi connectivity index (χ0n) is 16.9. The van der Waals surface area contributed by atoms with Crippen LogP contribution in [-0.4, -0.2) is 51.5 Å². The Balaban J connectivity index is 1.54. The van der Waals surface area contributed by atoms with Gasteiger partial charge in [-0.1, -0.05) is 37.3 Å². The van der Waals surface area contributed by atoms with Crippen molar-refractivity contribution in [2.24, 2.45) is 0 Å². The van der Waals surface area contributed by atoms with Crippen molar-refractivity contribution < 1.29 is 8.42 Å². The van der Waals surface area contributed by atoms with Crippen molar-refractivity contribution in [3.05, 3.63) is 48.0 Å². The summed E-state index contributed by atoms with van der Waals surface area (Å²) in [5, 5.41) is 0.998. The van der Waals surface area contributed by atoms with Crippen molar-refractivity contribution in [2.75, 3.05) is 42.8 Å². The summed E-state index contributed by atoms with van der Waals surface area (Å²) in [7, 11) is -1.50. The second-order valence-corrected chi connectivity index (χ2v) is 10.5. The van der Waals surface area contributed by atoms with Crippen LogP contribution in [0.15, 0.2) is 47.4 Å². The van der Waals surface area contributed by atoms with E-state index < -0.39 is 10.0 Å². The highest BCUT2D eigenvalue weighted by Crippen LogP contribution is 2.32. The van der Waals surface area contributed by atoms with Crippen LogP contribution in [0.4, 0.5) is 10.8 Å². The molecule has 4 rings (SSSR count). The number of aromatic nitrogens is 1. The number of thiazole rings is 1. The van der Waals surface area contributed by atoms with E-state index in [1.54, 1.807) is 29.5 Å². The van der Waals surface area contributed by atoms with Crippen molar-refractivity contribution in [3.8, 4) is 0 Å². The summed E-state index contributed by atoms with van der Waals surface area (Å²) in [5.41, 5.74) is 2.57. The third-order valence-electron chi connectivity index (χ3n) is 5.26. The summed E-state index contributed by atoms with van der Waals surface area (Å²) in [6, 6.07) is 12.6. The monoisotopic (exact) mass is 430 g/mol. The van der Waals surface area contributed by atoms with Crippen LogP contribution in [0.5, 0.6) is 0 Å². The van der Waals surface area contributed by atoms with Crippen LogP contribution in [0.25, 0.3) is 10.2 Å². The molecule has 1 saturated heterocycles. The highest BCUT2D eigenvalue weighted by atomic mass is 32.2. The van der Waals surface area contributed by atoms with Crippen LogP contribution in [0.3, 0.4) is 0 Å². The number of rotatable bonds is 5. The molecule has 6 nitrogen and oxygen atoms in total. The van der Waals surface area contributed by atoms with Crippen LogP contribution in [0.2, 0.25) is 0 Å². The van der Waals surface area contributed by atoms with E-state index in [0.29, 0.717) is 11.6 Å². The Morgan fingerprint density at radius 1 is 1.03 bits per heavy atom. The van der Waals surface area contributed by atoms with Gasteiger partial charge in [-0.15, -0.1) is 0 Å². The molecular weight excluding hydrogens is 404 g/mol. The Kier molecular flexibility index (Phi) is 5.50. The number of nitrogens with one attached hydrogen (secondary N) is 1. The number of hydrogen-bond donors (Lipinski definition) is 1. The molecule has 0 radical (unpaired) electrons. The molecule has 0 bridgehead atoms. The molecule has 1 aromatic heterocycles. The first-order chi connectivity index (χ1) is 13.8. The fraction of sp³-hybridized carbons (Fsp3) is 0.381. The van der Waals surface area contributed by atoms with Gasteiger partial charge in [0.2, 0.25) is 0 Å². The largest absolute Gasteiger partial charge is 0.345 e. The Bertz CT molecular complexity index is 1100. The van der Waals surface area contributed by atoms with E-state index >= 15 is 0 Å². The number of likely N-dealkylation sites (N-methyl/N-ethyl adjacent to an activating group) is 1. The van der Waals surface area contributed by atoms with Crippen molar-refractivity contribution in [1.29, 1.82) is 0 Å². The van der Waals surface area contributed by atoms with E-state index in [1.807, 2.05) is 24.3 Å². The van der Waals surface area contributed by atoms with Crippen LogP contribution in [0.1, 0.15) is 25.3 Å². The normalized spacial score (nSPS) is 15.9. The molecule has 29 heavy (non-hydrogen) atoms. The maximum absolute atomic E-state index is 12.8. The molecule has 8 heteroatoms. The molecule has 1 fully saturated rings. The second kappa shape index (κ2) is 7.93. The van der Waals surface area contributed by atoms with Gasteiger partial charge >= 0.3 is 0 Å². The molecule has 2 aromatic carbocycles. The molecular formula is C21H26N4O2S2. The number of fused-ring (bicyclic) bond motifs is 1. The van der Waals surface area contributed by atoms with Crippen LogP contribution in [0, 0.1) is 0 Å². The Hall–Kier alpha value is -2.16. The molecule has 0 spiro atoms. The average Bonchev–Trinajstić information content (AvgIpc) is 3.11. The van der Waals surface area contributed by atoms with E-state index in [9.17, 15) is 8.42 Å². The zero-order valence-corrected chi connectivity index (χ0v) is 18.6. The fourth-order valence-electron chi connectivity index (χ4n) is 3.35. The highest BCUT2D eigenvalue weighted by molar-refractivity contribution is 7.92. The van der Waals surface area contributed by atoms with Crippen molar-refractivity contribution in [2.45, 2.75) is 24.7 Å². The maximum atomic E-state index is 12.8. The average molecular weight is 431 g/mol. The van der Waals surface area contributed by atoms with Crippen LogP contribution in [-0.2, 0) is 10.0 Å². The second-order valence-electron chi connectivity index (χ2n) is 7.80. The molecule has 0 atom stereocenters. The molecule has 1 aliphatic heterocycles. The van der Waals surface area contributed by atoms with E-state index in [2.05, 4.69) is 35.4 Å². The lowest BCUT2D eigenvalue weighted by Gasteiger charge is -2.31. The number of piperazine rings is 1. The maximum Gasteiger partial charge on any atom is 0.261 e. The standard InChI is InChI=1S/C21H26N4O2S2/c1-15(2)16-4-7-18(8-5-16)29(26,27)23-17-6-9-19-20(14-17)28-21(22-19)25-12-10-24(3)11-13-25/h4-9,14-15,23H,10-13H2,1-3H3. The molecule has 0 aliphatic carbocycles. The van der Waals surface area contributed by atoms with Gasteiger partial charge in [0.25, 0.3) is 10.0 Å². The summed E-state index contributed by atoms with van der Waals surface area (Å²) < 4.78 is 29.2. The summed E-state index contributed by atoms with van der Waals surface area (Å²) in [6.45, 7) is 8.14. The fourth-order valence-corrected chi connectivity index (χ4v) is 5.46. The third kappa shape index (κ3) is 4.39. The van der Waals surface area contributed by atoms with Gasteiger partial charge in [0.15, 0.2) is 5.13 Å². The predicted octanol–water partition coefficient (Wildman–Crippen LogP) is 3.97. The number of benzene rings is 2. The molecule has 1 aliphatic rings. The number of anilines is 2. The van der Waals surface area contributed by atoms with Gasteiger partial charge in [-0.3, -0.25) is 4.72 Å².